The summed E-state index contributed by atoms with van der Waals surface area (Å²) in [6.45, 7) is 4.56. The summed E-state index contributed by atoms with van der Waals surface area (Å²) in [5.41, 5.74) is 5.37. The van der Waals surface area contributed by atoms with Gasteiger partial charge >= 0.3 is 0 Å². The van der Waals surface area contributed by atoms with Gasteiger partial charge in [0, 0.05) is 5.41 Å². The SMILES string of the molecule is CC1c2ccc(O)cc2C(C)C12C=C1CC=C(O)C=C1C2. The summed E-state index contributed by atoms with van der Waals surface area (Å²) in [6.07, 6.45) is 8.06. The zero-order chi connectivity index (χ0) is 14.8. The number of phenolic OH excluding ortho intramolecular Hbond substituents is 1. The third kappa shape index (κ3) is 1.59. The van der Waals surface area contributed by atoms with Gasteiger partial charge in [-0.15, -0.1) is 0 Å². The highest BCUT2D eigenvalue weighted by Gasteiger charge is 2.51. The van der Waals surface area contributed by atoms with E-state index in [1.54, 1.807) is 6.07 Å². The van der Waals surface area contributed by atoms with Crippen molar-refractivity contribution in [2.24, 2.45) is 5.41 Å². The fraction of sp³-hybridized carbons (Fsp3) is 0.368. The van der Waals surface area contributed by atoms with Crippen molar-refractivity contribution in [2.75, 3.05) is 0 Å². The molecule has 2 N–H and O–H groups in total. The molecule has 0 aliphatic heterocycles. The minimum atomic E-state index is 0.0930. The summed E-state index contributed by atoms with van der Waals surface area (Å²) >= 11 is 0. The molecular formula is C19H20O2. The normalized spacial score (nSPS) is 33.3. The summed E-state index contributed by atoms with van der Waals surface area (Å²) < 4.78 is 0. The van der Waals surface area contributed by atoms with E-state index in [2.05, 4.69) is 26.0 Å². The van der Waals surface area contributed by atoms with Crippen molar-refractivity contribution in [2.45, 2.75) is 38.5 Å². The number of aliphatic hydroxyl groups is 1. The monoisotopic (exact) mass is 280 g/mol. The zero-order valence-electron chi connectivity index (χ0n) is 12.4. The highest BCUT2D eigenvalue weighted by Crippen LogP contribution is 2.63. The van der Waals surface area contributed by atoms with Crippen LogP contribution in [0.25, 0.3) is 0 Å². The number of fused-ring (bicyclic) bond motifs is 2. The Morgan fingerprint density at radius 3 is 2.62 bits per heavy atom. The standard InChI is InChI=1S/C19H20O2/c1-11-17-6-5-16(21)8-18(17)12(2)19(11)9-13-3-4-15(20)7-14(13)10-19/h4-9,11-12,20-21H,3,10H2,1-2H3. The fourth-order valence-corrected chi connectivity index (χ4v) is 4.54. The predicted molar refractivity (Wildman–Crippen MR) is 83.5 cm³/mol. The number of aliphatic hydroxyl groups excluding tert-OH is 1. The van der Waals surface area contributed by atoms with Crippen molar-refractivity contribution < 1.29 is 10.2 Å². The molecule has 2 heteroatoms. The summed E-state index contributed by atoms with van der Waals surface area (Å²) in [5.74, 6) is 1.57. The minimum absolute atomic E-state index is 0.0930. The van der Waals surface area contributed by atoms with Crippen molar-refractivity contribution in [1.29, 1.82) is 0 Å². The summed E-state index contributed by atoms with van der Waals surface area (Å²) in [5, 5.41) is 19.6. The third-order valence-corrected chi connectivity index (χ3v) is 5.82. The van der Waals surface area contributed by atoms with Crippen LogP contribution < -0.4 is 0 Å². The Kier molecular flexibility index (Phi) is 2.45. The first-order valence-electron chi connectivity index (χ1n) is 7.66. The second-order valence-corrected chi connectivity index (χ2v) is 6.72. The molecule has 0 amide bonds. The number of rotatable bonds is 0. The summed E-state index contributed by atoms with van der Waals surface area (Å²) in [7, 11) is 0. The van der Waals surface area contributed by atoms with E-state index in [1.807, 2.05) is 18.2 Å². The van der Waals surface area contributed by atoms with E-state index in [1.165, 1.54) is 22.3 Å². The van der Waals surface area contributed by atoms with Gasteiger partial charge in [-0.05, 0) is 71.2 Å². The molecule has 1 aromatic carbocycles. The lowest BCUT2D eigenvalue weighted by Gasteiger charge is -2.32. The highest BCUT2D eigenvalue weighted by molar-refractivity contribution is 5.55. The summed E-state index contributed by atoms with van der Waals surface area (Å²) in [4.78, 5) is 0. The molecule has 0 saturated heterocycles. The Bertz CT molecular complexity index is 723. The van der Waals surface area contributed by atoms with Crippen LogP contribution in [0.1, 0.15) is 49.7 Å². The van der Waals surface area contributed by atoms with Gasteiger partial charge in [-0.2, -0.15) is 0 Å². The summed E-state index contributed by atoms with van der Waals surface area (Å²) in [6, 6.07) is 5.80. The topological polar surface area (TPSA) is 40.5 Å². The van der Waals surface area contributed by atoms with Crippen molar-refractivity contribution in [3.8, 4) is 5.75 Å². The van der Waals surface area contributed by atoms with Crippen LogP contribution in [0.15, 0.2) is 53.3 Å². The lowest BCUT2D eigenvalue weighted by Crippen LogP contribution is -2.22. The van der Waals surface area contributed by atoms with Crippen LogP contribution in [0.3, 0.4) is 0 Å². The molecule has 4 rings (SSSR count). The Morgan fingerprint density at radius 2 is 1.81 bits per heavy atom. The molecule has 0 saturated carbocycles. The van der Waals surface area contributed by atoms with Gasteiger partial charge in [-0.25, -0.2) is 0 Å². The first kappa shape index (κ1) is 12.8. The molecule has 0 fully saturated rings. The number of hydrogen-bond acceptors (Lipinski definition) is 2. The average Bonchev–Trinajstić information content (AvgIpc) is 2.92. The minimum Gasteiger partial charge on any atom is -0.508 e. The van der Waals surface area contributed by atoms with Gasteiger partial charge < -0.3 is 10.2 Å². The zero-order valence-corrected chi connectivity index (χ0v) is 12.4. The second-order valence-electron chi connectivity index (χ2n) is 6.72. The number of aromatic hydroxyl groups is 1. The first-order valence-corrected chi connectivity index (χ1v) is 7.66. The van der Waals surface area contributed by atoms with Crippen molar-refractivity contribution in [3.05, 3.63) is 64.5 Å². The lowest BCUT2D eigenvalue weighted by molar-refractivity contribution is 0.304. The van der Waals surface area contributed by atoms with Crippen LogP contribution >= 0.6 is 0 Å². The molecule has 3 aliphatic carbocycles. The maximum atomic E-state index is 9.80. The molecule has 3 unspecified atom stereocenters. The van der Waals surface area contributed by atoms with Crippen LogP contribution in [0.4, 0.5) is 0 Å². The van der Waals surface area contributed by atoms with Gasteiger partial charge in [0.1, 0.15) is 11.5 Å². The van der Waals surface area contributed by atoms with E-state index in [-0.39, 0.29) is 5.41 Å². The number of phenols is 1. The Labute approximate surface area is 125 Å². The Hall–Kier alpha value is -1.96. The van der Waals surface area contributed by atoms with E-state index in [4.69, 9.17) is 0 Å². The number of allylic oxidation sites excluding steroid dienone is 5. The molecule has 0 radical (unpaired) electrons. The Morgan fingerprint density at radius 1 is 1.05 bits per heavy atom. The second kappa shape index (κ2) is 4.03. The van der Waals surface area contributed by atoms with Gasteiger partial charge in [0.15, 0.2) is 0 Å². The number of benzene rings is 1. The van der Waals surface area contributed by atoms with E-state index in [0.717, 1.165) is 12.8 Å². The average molecular weight is 280 g/mol. The van der Waals surface area contributed by atoms with E-state index >= 15 is 0 Å². The first-order chi connectivity index (χ1) is 10.0. The molecule has 2 nitrogen and oxygen atoms in total. The van der Waals surface area contributed by atoms with Crippen LogP contribution in [-0.2, 0) is 0 Å². The Balaban J connectivity index is 1.82. The molecule has 1 aromatic rings. The largest absolute Gasteiger partial charge is 0.508 e. The quantitative estimate of drug-likeness (QED) is 0.723. The maximum Gasteiger partial charge on any atom is 0.115 e. The smallest absolute Gasteiger partial charge is 0.115 e. The van der Waals surface area contributed by atoms with E-state index < -0.39 is 0 Å². The predicted octanol–water partition coefficient (Wildman–Crippen LogP) is 4.70. The van der Waals surface area contributed by atoms with Gasteiger partial charge in [0.25, 0.3) is 0 Å². The lowest BCUT2D eigenvalue weighted by atomic mass is 9.71. The van der Waals surface area contributed by atoms with Crippen LogP contribution in [0, 0.1) is 5.41 Å². The van der Waals surface area contributed by atoms with Crippen LogP contribution in [0.5, 0.6) is 5.75 Å². The van der Waals surface area contributed by atoms with Gasteiger partial charge in [-0.1, -0.05) is 26.0 Å². The third-order valence-electron chi connectivity index (χ3n) is 5.82. The molecule has 1 spiro atoms. The molecule has 0 aromatic heterocycles. The molecule has 3 atom stereocenters. The van der Waals surface area contributed by atoms with Crippen molar-refractivity contribution in [1.82, 2.24) is 0 Å². The van der Waals surface area contributed by atoms with Crippen molar-refractivity contribution >= 4 is 0 Å². The van der Waals surface area contributed by atoms with E-state index in [0.29, 0.717) is 23.3 Å². The highest BCUT2D eigenvalue weighted by atomic mass is 16.3. The van der Waals surface area contributed by atoms with Gasteiger partial charge in [0.05, 0.1) is 0 Å². The van der Waals surface area contributed by atoms with Crippen LogP contribution in [0.2, 0.25) is 0 Å². The molecule has 0 heterocycles. The van der Waals surface area contributed by atoms with Gasteiger partial charge in [0.2, 0.25) is 0 Å². The van der Waals surface area contributed by atoms with Crippen LogP contribution in [-0.4, -0.2) is 10.2 Å². The van der Waals surface area contributed by atoms with Crippen molar-refractivity contribution in [3.63, 3.8) is 0 Å². The van der Waals surface area contributed by atoms with E-state index in [9.17, 15) is 10.2 Å². The molecule has 108 valence electrons. The molecule has 0 bridgehead atoms. The molecule has 21 heavy (non-hydrogen) atoms. The fourth-order valence-electron chi connectivity index (χ4n) is 4.54. The van der Waals surface area contributed by atoms with Gasteiger partial charge in [-0.3, -0.25) is 0 Å². The number of hydrogen-bond donors (Lipinski definition) is 2. The molecular weight excluding hydrogens is 260 g/mol. The maximum absolute atomic E-state index is 9.80. The molecule has 3 aliphatic rings.